The molecule has 1 heterocycles. The Morgan fingerprint density at radius 1 is 0.686 bits per heavy atom. The summed E-state index contributed by atoms with van der Waals surface area (Å²) in [7, 11) is 0. The van der Waals surface area contributed by atoms with E-state index in [1.807, 2.05) is 0 Å². The second-order valence-corrected chi connectivity index (χ2v) is 10.3. The van der Waals surface area contributed by atoms with Crippen LogP contribution in [0.2, 0.25) is 0 Å². The SMILES string of the molecule is Cc1[nH]cc(CCCCCCCCCCCCCCCCCCCCC(=O)O)[n+]1-c1ccccc1. The van der Waals surface area contributed by atoms with E-state index in [0.29, 0.717) is 6.42 Å². The fourth-order valence-corrected chi connectivity index (χ4v) is 5.06. The standard InChI is InChI=1S/C31H50N2O2/c1-28-32-27-30(33(28)29-23-20-18-21-24-29)25-19-16-14-12-10-8-6-4-2-3-5-7-9-11-13-15-17-22-26-31(34)35/h18,20-21,23-24,27H,2-17,19,22,25-26H2,1H3,(H,34,35)/p+1. The Morgan fingerprint density at radius 3 is 1.57 bits per heavy atom. The smallest absolute Gasteiger partial charge is 0.303 e. The minimum absolute atomic E-state index is 0.337. The molecule has 0 aliphatic heterocycles. The van der Waals surface area contributed by atoms with E-state index < -0.39 is 5.97 Å². The highest BCUT2D eigenvalue weighted by Gasteiger charge is 2.15. The lowest BCUT2D eigenvalue weighted by atomic mass is 10.0. The van der Waals surface area contributed by atoms with Crippen molar-refractivity contribution in [1.82, 2.24) is 4.98 Å². The van der Waals surface area contributed by atoms with Gasteiger partial charge in [0.1, 0.15) is 17.6 Å². The van der Waals surface area contributed by atoms with Crippen molar-refractivity contribution in [2.45, 2.75) is 135 Å². The first-order chi connectivity index (χ1) is 17.2. The number of H-pyrrole nitrogens is 1. The Kier molecular flexibility index (Phi) is 15.9. The van der Waals surface area contributed by atoms with E-state index >= 15 is 0 Å². The van der Waals surface area contributed by atoms with Crippen molar-refractivity contribution in [2.75, 3.05) is 0 Å². The van der Waals surface area contributed by atoms with Crippen LogP contribution >= 0.6 is 0 Å². The van der Waals surface area contributed by atoms with Gasteiger partial charge in [0.2, 0.25) is 0 Å². The third-order valence-electron chi connectivity index (χ3n) is 7.16. The fraction of sp³-hybridized carbons (Fsp3) is 0.677. The highest BCUT2D eigenvalue weighted by atomic mass is 16.4. The number of aromatic amines is 1. The molecule has 0 saturated heterocycles. The molecular weight excluding hydrogens is 432 g/mol. The molecule has 196 valence electrons. The van der Waals surface area contributed by atoms with Crippen molar-refractivity contribution in [3.8, 4) is 5.69 Å². The van der Waals surface area contributed by atoms with Gasteiger partial charge in [-0.2, -0.15) is 4.57 Å². The van der Waals surface area contributed by atoms with Crippen LogP contribution in [-0.4, -0.2) is 16.1 Å². The van der Waals surface area contributed by atoms with Crippen LogP contribution in [0.1, 0.15) is 134 Å². The van der Waals surface area contributed by atoms with Gasteiger partial charge in [-0.3, -0.25) is 4.79 Å². The van der Waals surface area contributed by atoms with Gasteiger partial charge < -0.3 is 5.11 Å². The summed E-state index contributed by atoms with van der Waals surface area (Å²) in [5.74, 6) is 0.546. The molecule has 0 radical (unpaired) electrons. The highest BCUT2D eigenvalue weighted by molar-refractivity contribution is 5.66. The largest absolute Gasteiger partial charge is 0.481 e. The predicted octanol–water partition coefficient (Wildman–Crippen LogP) is 8.64. The maximum atomic E-state index is 10.5. The quantitative estimate of drug-likeness (QED) is 0.130. The zero-order valence-corrected chi connectivity index (χ0v) is 22.4. The molecule has 4 nitrogen and oxygen atoms in total. The number of carbonyl (C=O) groups is 1. The molecule has 0 amide bonds. The van der Waals surface area contributed by atoms with Gasteiger partial charge in [0.15, 0.2) is 0 Å². The lowest BCUT2D eigenvalue weighted by Crippen LogP contribution is -2.36. The van der Waals surface area contributed by atoms with Crippen molar-refractivity contribution in [1.29, 1.82) is 0 Å². The maximum Gasteiger partial charge on any atom is 0.303 e. The molecule has 1 aromatic carbocycles. The molecule has 0 unspecified atom stereocenters. The number of unbranched alkanes of at least 4 members (excludes halogenated alkanes) is 17. The number of nitrogens with zero attached hydrogens (tertiary/aromatic N) is 1. The monoisotopic (exact) mass is 483 g/mol. The van der Waals surface area contributed by atoms with E-state index in [9.17, 15) is 4.79 Å². The number of hydrogen-bond donors (Lipinski definition) is 2. The first kappa shape index (κ1) is 29.1. The lowest BCUT2D eigenvalue weighted by Gasteiger charge is -2.05. The molecule has 0 fully saturated rings. The van der Waals surface area contributed by atoms with E-state index in [2.05, 4.69) is 53.0 Å². The maximum absolute atomic E-state index is 10.5. The first-order valence-corrected chi connectivity index (χ1v) is 14.5. The average Bonchev–Trinajstić information content (AvgIpc) is 3.23. The molecule has 35 heavy (non-hydrogen) atoms. The number of rotatable bonds is 22. The summed E-state index contributed by atoms with van der Waals surface area (Å²) in [5, 5.41) is 8.62. The minimum Gasteiger partial charge on any atom is -0.481 e. The molecule has 2 rings (SSSR count). The van der Waals surface area contributed by atoms with E-state index in [0.717, 1.165) is 19.3 Å². The summed E-state index contributed by atoms with van der Waals surface area (Å²) < 4.78 is 2.35. The second-order valence-electron chi connectivity index (χ2n) is 10.3. The molecule has 0 aliphatic rings. The topological polar surface area (TPSA) is 57.0 Å². The van der Waals surface area contributed by atoms with Gasteiger partial charge in [-0.05, 0) is 25.0 Å². The number of benzene rings is 1. The average molecular weight is 484 g/mol. The summed E-state index contributed by atoms with van der Waals surface area (Å²) in [4.78, 5) is 13.9. The number of aliphatic carboxylic acids is 1. The van der Waals surface area contributed by atoms with Crippen LogP contribution in [0.4, 0.5) is 0 Å². The number of nitrogens with one attached hydrogen (secondary N) is 1. The molecule has 2 N–H and O–H groups in total. The van der Waals surface area contributed by atoms with Crippen molar-refractivity contribution in [3.05, 3.63) is 48.0 Å². The summed E-state index contributed by atoms with van der Waals surface area (Å²) in [5.41, 5.74) is 2.64. The van der Waals surface area contributed by atoms with Gasteiger partial charge in [-0.25, -0.2) is 4.98 Å². The van der Waals surface area contributed by atoms with E-state index in [1.54, 1.807) is 0 Å². The third-order valence-corrected chi connectivity index (χ3v) is 7.16. The Morgan fingerprint density at radius 2 is 1.11 bits per heavy atom. The van der Waals surface area contributed by atoms with Crippen LogP contribution in [0.15, 0.2) is 36.5 Å². The van der Waals surface area contributed by atoms with Crippen molar-refractivity contribution < 1.29 is 14.5 Å². The number of para-hydroxylation sites is 1. The fourth-order valence-electron chi connectivity index (χ4n) is 5.06. The van der Waals surface area contributed by atoms with Gasteiger partial charge >= 0.3 is 5.97 Å². The number of aromatic nitrogens is 2. The second kappa shape index (κ2) is 19.1. The lowest BCUT2D eigenvalue weighted by molar-refractivity contribution is -0.609. The number of aryl methyl sites for hydroxylation is 2. The zero-order chi connectivity index (χ0) is 25.0. The van der Waals surface area contributed by atoms with Gasteiger partial charge in [0, 0.05) is 19.8 Å². The Balaban J connectivity index is 1.33. The Hall–Kier alpha value is -2.10. The summed E-state index contributed by atoms with van der Waals surface area (Å²) in [6.45, 7) is 2.15. The molecule has 4 heteroatoms. The van der Waals surface area contributed by atoms with Gasteiger partial charge in [0.05, 0.1) is 0 Å². The number of carboxylic acids is 1. The van der Waals surface area contributed by atoms with Gasteiger partial charge in [0.25, 0.3) is 5.82 Å². The van der Waals surface area contributed by atoms with Crippen LogP contribution in [0.5, 0.6) is 0 Å². The molecule has 0 bridgehead atoms. The van der Waals surface area contributed by atoms with Crippen LogP contribution in [-0.2, 0) is 11.2 Å². The Labute approximate surface area is 214 Å². The highest BCUT2D eigenvalue weighted by Crippen LogP contribution is 2.15. The summed E-state index contributed by atoms with van der Waals surface area (Å²) >= 11 is 0. The van der Waals surface area contributed by atoms with E-state index in [4.69, 9.17) is 5.11 Å². The van der Waals surface area contributed by atoms with Crippen LogP contribution in [0, 0.1) is 6.92 Å². The normalized spacial score (nSPS) is 11.2. The molecule has 0 saturated carbocycles. The van der Waals surface area contributed by atoms with Crippen molar-refractivity contribution in [3.63, 3.8) is 0 Å². The molecule has 2 aromatic rings. The van der Waals surface area contributed by atoms with Crippen molar-refractivity contribution >= 4 is 5.97 Å². The minimum atomic E-state index is -0.656. The van der Waals surface area contributed by atoms with Gasteiger partial charge in [-0.1, -0.05) is 121 Å². The molecule has 0 atom stereocenters. The van der Waals surface area contributed by atoms with Crippen molar-refractivity contribution in [2.24, 2.45) is 0 Å². The number of hydrogen-bond acceptors (Lipinski definition) is 1. The third kappa shape index (κ3) is 13.5. The first-order valence-electron chi connectivity index (χ1n) is 14.5. The molecule has 0 spiro atoms. The summed E-state index contributed by atoms with van der Waals surface area (Å²) in [6, 6.07) is 10.7. The van der Waals surface area contributed by atoms with E-state index in [1.165, 1.54) is 120 Å². The molecule has 0 aliphatic carbocycles. The van der Waals surface area contributed by atoms with E-state index in [-0.39, 0.29) is 0 Å². The number of imidazole rings is 1. The van der Waals surface area contributed by atoms with Crippen LogP contribution in [0.3, 0.4) is 0 Å². The van der Waals surface area contributed by atoms with Crippen LogP contribution < -0.4 is 4.57 Å². The number of carboxylic acid groups (broad SMARTS) is 1. The predicted molar refractivity (Wildman–Crippen MR) is 146 cm³/mol. The Bertz CT molecular complexity index is 785. The molecule has 1 aromatic heterocycles. The van der Waals surface area contributed by atoms with Crippen LogP contribution in [0.25, 0.3) is 5.69 Å². The zero-order valence-electron chi connectivity index (χ0n) is 22.4. The molecular formula is C31H51N2O2+. The summed E-state index contributed by atoms with van der Waals surface area (Å²) in [6.07, 6.45) is 27.3. The van der Waals surface area contributed by atoms with Gasteiger partial charge in [-0.15, -0.1) is 0 Å².